The fraction of sp³-hybridized carbons (Fsp3) is 0.188. The molecule has 4 nitrogen and oxygen atoms in total. The second-order valence-corrected chi connectivity index (χ2v) is 4.90. The molecule has 1 unspecified atom stereocenters. The summed E-state index contributed by atoms with van der Waals surface area (Å²) in [6.45, 7) is 2.09. The summed E-state index contributed by atoms with van der Waals surface area (Å²) in [4.78, 5) is 12.2. The summed E-state index contributed by atoms with van der Waals surface area (Å²) in [5.74, 6) is -0.202. The first kappa shape index (κ1) is 13.4. The molecular formula is C16H15FN2O2. The number of benzene rings is 2. The van der Waals surface area contributed by atoms with E-state index in [2.05, 4.69) is 10.6 Å². The van der Waals surface area contributed by atoms with Crippen molar-refractivity contribution in [2.75, 3.05) is 17.2 Å². The predicted molar refractivity (Wildman–Crippen MR) is 79.1 cm³/mol. The summed E-state index contributed by atoms with van der Waals surface area (Å²) < 4.78 is 19.4. The Bertz CT molecular complexity index is 667. The van der Waals surface area contributed by atoms with Gasteiger partial charge in [-0.05, 0) is 30.7 Å². The maximum Gasteiger partial charge on any atom is 0.267 e. The molecule has 108 valence electrons. The number of nitrogens with one attached hydrogen (secondary N) is 2. The zero-order valence-corrected chi connectivity index (χ0v) is 11.5. The van der Waals surface area contributed by atoms with Crippen molar-refractivity contribution in [2.24, 2.45) is 0 Å². The van der Waals surface area contributed by atoms with Gasteiger partial charge in [-0.3, -0.25) is 4.79 Å². The number of rotatable bonds is 2. The number of ether oxygens (including phenoxy) is 1. The lowest BCUT2D eigenvalue weighted by Crippen LogP contribution is -2.41. The molecule has 0 aromatic heterocycles. The van der Waals surface area contributed by atoms with Crippen molar-refractivity contribution in [3.05, 3.63) is 53.8 Å². The van der Waals surface area contributed by atoms with E-state index >= 15 is 0 Å². The van der Waals surface area contributed by atoms with Crippen LogP contribution in [0.15, 0.2) is 42.5 Å². The topological polar surface area (TPSA) is 50.4 Å². The quantitative estimate of drug-likeness (QED) is 0.892. The Balaban J connectivity index is 1.76. The van der Waals surface area contributed by atoms with Crippen molar-refractivity contribution < 1.29 is 13.9 Å². The summed E-state index contributed by atoms with van der Waals surface area (Å²) >= 11 is 0. The minimum Gasteiger partial charge on any atom is -0.477 e. The Morgan fingerprint density at radius 1 is 1.29 bits per heavy atom. The molecule has 1 amide bonds. The molecule has 0 saturated carbocycles. The molecule has 1 aliphatic heterocycles. The first-order chi connectivity index (χ1) is 10.1. The largest absolute Gasteiger partial charge is 0.477 e. The Morgan fingerprint density at radius 2 is 2.10 bits per heavy atom. The van der Waals surface area contributed by atoms with Gasteiger partial charge in [0.2, 0.25) is 0 Å². The molecule has 0 saturated heterocycles. The average Bonchev–Trinajstić information content (AvgIpc) is 2.50. The van der Waals surface area contributed by atoms with E-state index in [9.17, 15) is 9.18 Å². The van der Waals surface area contributed by atoms with Crippen LogP contribution >= 0.6 is 0 Å². The molecule has 0 radical (unpaired) electrons. The summed E-state index contributed by atoms with van der Waals surface area (Å²) in [5, 5.41) is 5.73. The number of hydrogen-bond acceptors (Lipinski definition) is 3. The number of halogens is 1. The third-order valence-corrected chi connectivity index (χ3v) is 3.40. The van der Waals surface area contributed by atoms with Gasteiger partial charge in [0.15, 0.2) is 6.10 Å². The van der Waals surface area contributed by atoms with Crippen LogP contribution in [-0.4, -0.2) is 18.6 Å². The highest BCUT2D eigenvalue weighted by Crippen LogP contribution is 2.28. The minimum absolute atomic E-state index is 0.199. The van der Waals surface area contributed by atoms with Crippen molar-refractivity contribution in [2.45, 2.75) is 13.0 Å². The van der Waals surface area contributed by atoms with E-state index in [4.69, 9.17) is 4.74 Å². The third kappa shape index (κ3) is 2.67. The van der Waals surface area contributed by atoms with Crippen molar-refractivity contribution in [1.29, 1.82) is 0 Å². The van der Waals surface area contributed by atoms with E-state index in [1.807, 2.05) is 18.2 Å². The first-order valence-corrected chi connectivity index (χ1v) is 6.70. The highest BCUT2D eigenvalue weighted by Gasteiger charge is 2.26. The molecule has 1 atom stereocenters. The first-order valence-electron chi connectivity index (χ1n) is 6.70. The van der Waals surface area contributed by atoms with Crippen molar-refractivity contribution >= 4 is 17.3 Å². The molecule has 0 bridgehead atoms. The van der Waals surface area contributed by atoms with Crippen LogP contribution in [0, 0.1) is 12.7 Å². The molecule has 2 aromatic rings. The fourth-order valence-corrected chi connectivity index (χ4v) is 2.25. The standard InChI is InChI=1S/C16H15FN2O2/c1-10-5-4-6-11(17)15(10)19-16(20)14-9-18-12-7-2-3-8-13(12)21-14/h2-8,14,18H,9H2,1H3,(H,19,20). The Labute approximate surface area is 121 Å². The van der Waals surface area contributed by atoms with Gasteiger partial charge in [-0.15, -0.1) is 0 Å². The normalized spacial score (nSPS) is 16.4. The number of amides is 1. The second kappa shape index (κ2) is 5.44. The molecular weight excluding hydrogens is 271 g/mol. The Morgan fingerprint density at radius 3 is 2.90 bits per heavy atom. The lowest BCUT2D eigenvalue weighted by Gasteiger charge is -2.26. The molecule has 3 rings (SSSR count). The molecule has 2 N–H and O–H groups in total. The van der Waals surface area contributed by atoms with Gasteiger partial charge in [0.25, 0.3) is 5.91 Å². The van der Waals surface area contributed by atoms with Crippen LogP contribution in [0.5, 0.6) is 5.75 Å². The van der Waals surface area contributed by atoms with E-state index in [1.54, 1.807) is 25.1 Å². The van der Waals surface area contributed by atoms with Crippen molar-refractivity contribution in [1.82, 2.24) is 0 Å². The van der Waals surface area contributed by atoms with Gasteiger partial charge < -0.3 is 15.4 Å². The van der Waals surface area contributed by atoms with E-state index in [0.717, 1.165) is 5.69 Å². The lowest BCUT2D eigenvalue weighted by atomic mass is 10.1. The summed E-state index contributed by atoms with van der Waals surface area (Å²) in [6, 6.07) is 12.1. The number of anilines is 2. The van der Waals surface area contributed by atoms with E-state index in [0.29, 0.717) is 17.9 Å². The van der Waals surface area contributed by atoms with Gasteiger partial charge in [-0.1, -0.05) is 24.3 Å². The van der Waals surface area contributed by atoms with Gasteiger partial charge in [0, 0.05) is 0 Å². The van der Waals surface area contributed by atoms with Gasteiger partial charge in [0.1, 0.15) is 11.6 Å². The minimum atomic E-state index is -0.695. The monoisotopic (exact) mass is 286 g/mol. The van der Waals surface area contributed by atoms with Crippen molar-refractivity contribution in [3.63, 3.8) is 0 Å². The molecule has 1 heterocycles. The van der Waals surface area contributed by atoms with Crippen LogP contribution in [0.3, 0.4) is 0 Å². The maximum absolute atomic E-state index is 13.7. The number of hydrogen-bond donors (Lipinski definition) is 2. The second-order valence-electron chi connectivity index (χ2n) is 4.90. The number of carbonyl (C=O) groups excluding carboxylic acids is 1. The highest BCUT2D eigenvalue weighted by molar-refractivity contribution is 5.96. The number of para-hydroxylation sites is 3. The molecule has 2 aromatic carbocycles. The molecule has 1 aliphatic rings. The zero-order chi connectivity index (χ0) is 14.8. The van der Waals surface area contributed by atoms with Crippen LogP contribution in [-0.2, 0) is 4.79 Å². The molecule has 5 heteroatoms. The van der Waals surface area contributed by atoms with Crippen molar-refractivity contribution in [3.8, 4) is 5.75 Å². The predicted octanol–water partition coefficient (Wildman–Crippen LogP) is 2.95. The molecule has 0 aliphatic carbocycles. The van der Waals surface area contributed by atoms with E-state index in [1.165, 1.54) is 6.07 Å². The number of fused-ring (bicyclic) bond motifs is 1. The van der Waals surface area contributed by atoms with Gasteiger partial charge in [-0.25, -0.2) is 4.39 Å². The van der Waals surface area contributed by atoms with Crippen LogP contribution in [0.1, 0.15) is 5.56 Å². The third-order valence-electron chi connectivity index (χ3n) is 3.40. The SMILES string of the molecule is Cc1cccc(F)c1NC(=O)C1CNc2ccccc2O1. The van der Waals surface area contributed by atoms with Crippen LogP contribution < -0.4 is 15.4 Å². The molecule has 0 spiro atoms. The van der Waals surface area contributed by atoms with Crippen LogP contribution in [0.2, 0.25) is 0 Å². The average molecular weight is 286 g/mol. The maximum atomic E-state index is 13.7. The fourth-order valence-electron chi connectivity index (χ4n) is 2.25. The molecule has 21 heavy (non-hydrogen) atoms. The number of carbonyl (C=O) groups is 1. The lowest BCUT2D eigenvalue weighted by molar-refractivity contribution is -0.122. The zero-order valence-electron chi connectivity index (χ0n) is 11.5. The van der Waals surface area contributed by atoms with Gasteiger partial charge in [-0.2, -0.15) is 0 Å². The van der Waals surface area contributed by atoms with Gasteiger partial charge in [0.05, 0.1) is 17.9 Å². The van der Waals surface area contributed by atoms with Gasteiger partial charge >= 0.3 is 0 Å². The summed E-state index contributed by atoms with van der Waals surface area (Å²) in [7, 11) is 0. The Hall–Kier alpha value is -2.56. The summed E-state index contributed by atoms with van der Waals surface area (Å²) in [6.07, 6.45) is -0.695. The summed E-state index contributed by atoms with van der Waals surface area (Å²) in [5.41, 5.74) is 1.72. The van der Waals surface area contributed by atoms with Crippen LogP contribution in [0.25, 0.3) is 0 Å². The van der Waals surface area contributed by atoms with Crippen LogP contribution in [0.4, 0.5) is 15.8 Å². The number of aryl methyl sites for hydroxylation is 1. The van der Waals surface area contributed by atoms with E-state index in [-0.39, 0.29) is 11.6 Å². The Kier molecular flexibility index (Phi) is 3.48. The van der Waals surface area contributed by atoms with E-state index < -0.39 is 11.9 Å². The smallest absolute Gasteiger partial charge is 0.267 e. The molecule has 0 fully saturated rings. The highest BCUT2D eigenvalue weighted by atomic mass is 19.1.